The van der Waals surface area contributed by atoms with E-state index in [2.05, 4.69) is 44.2 Å². The molecule has 0 amide bonds. The third-order valence-corrected chi connectivity index (χ3v) is 3.98. The molecule has 1 nitrogen and oxygen atoms in total. The van der Waals surface area contributed by atoms with Gasteiger partial charge in [-0.2, -0.15) is 0 Å². The molecule has 1 N–H and O–H groups in total. The SMILES string of the molecule is CC(C)CC1(O)CCC(c2ccccc2)CC1. The van der Waals surface area contributed by atoms with Crippen molar-refractivity contribution in [3.8, 4) is 0 Å². The van der Waals surface area contributed by atoms with Crippen LogP contribution in [0.25, 0.3) is 0 Å². The van der Waals surface area contributed by atoms with E-state index < -0.39 is 0 Å². The van der Waals surface area contributed by atoms with Crippen molar-refractivity contribution in [3.63, 3.8) is 0 Å². The van der Waals surface area contributed by atoms with Crippen LogP contribution in [0.2, 0.25) is 0 Å². The zero-order valence-electron chi connectivity index (χ0n) is 11.0. The van der Waals surface area contributed by atoms with Gasteiger partial charge in [-0.25, -0.2) is 0 Å². The lowest BCUT2D eigenvalue weighted by Crippen LogP contribution is -2.34. The van der Waals surface area contributed by atoms with Gasteiger partial charge in [0.15, 0.2) is 0 Å². The van der Waals surface area contributed by atoms with E-state index in [4.69, 9.17) is 0 Å². The van der Waals surface area contributed by atoms with E-state index in [9.17, 15) is 5.11 Å². The Balaban J connectivity index is 1.94. The number of hydrogen-bond donors (Lipinski definition) is 1. The van der Waals surface area contributed by atoms with E-state index in [0.717, 1.165) is 32.1 Å². The summed E-state index contributed by atoms with van der Waals surface area (Å²) < 4.78 is 0. The fraction of sp³-hybridized carbons (Fsp3) is 0.625. The van der Waals surface area contributed by atoms with Gasteiger partial charge < -0.3 is 5.11 Å². The van der Waals surface area contributed by atoms with Crippen molar-refractivity contribution < 1.29 is 5.11 Å². The second-order valence-electron chi connectivity index (χ2n) is 6.01. The molecule has 0 aliphatic heterocycles. The first-order valence-corrected chi connectivity index (χ1v) is 6.86. The molecule has 17 heavy (non-hydrogen) atoms. The summed E-state index contributed by atoms with van der Waals surface area (Å²) >= 11 is 0. The third-order valence-electron chi connectivity index (χ3n) is 3.98. The van der Waals surface area contributed by atoms with Crippen LogP contribution in [0.3, 0.4) is 0 Å². The lowest BCUT2D eigenvalue weighted by molar-refractivity contribution is -0.0183. The Hall–Kier alpha value is -0.820. The molecule has 0 atom stereocenters. The van der Waals surface area contributed by atoms with Gasteiger partial charge in [-0.1, -0.05) is 44.2 Å². The molecule has 0 radical (unpaired) electrons. The monoisotopic (exact) mass is 232 g/mol. The molecule has 0 spiro atoms. The van der Waals surface area contributed by atoms with E-state index >= 15 is 0 Å². The van der Waals surface area contributed by atoms with Gasteiger partial charge in [-0.05, 0) is 49.5 Å². The number of rotatable bonds is 3. The zero-order valence-corrected chi connectivity index (χ0v) is 11.0. The number of benzene rings is 1. The van der Waals surface area contributed by atoms with Crippen LogP contribution in [-0.4, -0.2) is 10.7 Å². The molecule has 1 aliphatic carbocycles. The van der Waals surface area contributed by atoms with Crippen molar-refractivity contribution in [2.24, 2.45) is 5.92 Å². The standard InChI is InChI=1S/C16H24O/c1-13(2)12-16(17)10-8-15(9-11-16)14-6-4-3-5-7-14/h3-7,13,15,17H,8-12H2,1-2H3. The predicted molar refractivity (Wildman–Crippen MR) is 72.1 cm³/mol. The van der Waals surface area contributed by atoms with Gasteiger partial charge >= 0.3 is 0 Å². The van der Waals surface area contributed by atoms with Crippen LogP contribution in [0.15, 0.2) is 30.3 Å². The Morgan fingerprint density at radius 1 is 1.18 bits per heavy atom. The largest absolute Gasteiger partial charge is 0.390 e. The molecule has 1 aromatic carbocycles. The van der Waals surface area contributed by atoms with E-state index in [-0.39, 0.29) is 5.60 Å². The van der Waals surface area contributed by atoms with Crippen molar-refractivity contribution in [2.45, 2.75) is 57.5 Å². The summed E-state index contributed by atoms with van der Waals surface area (Å²) in [5, 5.41) is 10.5. The van der Waals surface area contributed by atoms with Gasteiger partial charge in [0.25, 0.3) is 0 Å². The quantitative estimate of drug-likeness (QED) is 0.831. The minimum Gasteiger partial charge on any atom is -0.390 e. The fourth-order valence-corrected chi connectivity index (χ4v) is 3.18. The van der Waals surface area contributed by atoms with E-state index in [1.54, 1.807) is 0 Å². The Labute approximate surface area is 105 Å². The van der Waals surface area contributed by atoms with Gasteiger partial charge in [0.2, 0.25) is 0 Å². The summed E-state index contributed by atoms with van der Waals surface area (Å²) in [6.07, 6.45) is 5.14. The van der Waals surface area contributed by atoms with E-state index in [1.807, 2.05) is 0 Å². The minimum atomic E-state index is -0.389. The highest BCUT2D eigenvalue weighted by molar-refractivity contribution is 5.20. The molecular formula is C16H24O. The lowest BCUT2D eigenvalue weighted by atomic mass is 9.73. The lowest BCUT2D eigenvalue weighted by Gasteiger charge is -2.37. The second-order valence-corrected chi connectivity index (χ2v) is 6.01. The van der Waals surface area contributed by atoms with Crippen molar-refractivity contribution in [1.82, 2.24) is 0 Å². The molecule has 0 unspecified atom stereocenters. The topological polar surface area (TPSA) is 20.2 Å². The molecular weight excluding hydrogens is 208 g/mol. The molecule has 1 fully saturated rings. The van der Waals surface area contributed by atoms with Crippen LogP contribution < -0.4 is 0 Å². The van der Waals surface area contributed by atoms with Crippen LogP contribution >= 0.6 is 0 Å². The summed E-state index contributed by atoms with van der Waals surface area (Å²) in [6.45, 7) is 4.39. The summed E-state index contributed by atoms with van der Waals surface area (Å²) in [4.78, 5) is 0. The first kappa shape index (κ1) is 12.6. The minimum absolute atomic E-state index is 0.389. The van der Waals surface area contributed by atoms with Crippen molar-refractivity contribution in [1.29, 1.82) is 0 Å². The molecule has 1 aliphatic rings. The Kier molecular flexibility index (Phi) is 3.88. The summed E-state index contributed by atoms with van der Waals surface area (Å²) in [5.74, 6) is 1.25. The average Bonchev–Trinajstić information content (AvgIpc) is 2.29. The third kappa shape index (κ3) is 3.32. The number of hydrogen-bond acceptors (Lipinski definition) is 1. The fourth-order valence-electron chi connectivity index (χ4n) is 3.18. The normalized spacial score (nSPS) is 29.5. The van der Waals surface area contributed by atoms with E-state index in [1.165, 1.54) is 5.56 Å². The van der Waals surface area contributed by atoms with Gasteiger partial charge in [0, 0.05) is 0 Å². The van der Waals surface area contributed by atoms with Crippen molar-refractivity contribution in [2.75, 3.05) is 0 Å². The Bertz CT molecular complexity index is 334. The maximum atomic E-state index is 10.5. The van der Waals surface area contributed by atoms with Crippen LogP contribution in [-0.2, 0) is 0 Å². The second kappa shape index (κ2) is 5.22. The summed E-state index contributed by atoms with van der Waals surface area (Å²) in [5.41, 5.74) is 1.05. The van der Waals surface area contributed by atoms with Gasteiger partial charge in [-0.3, -0.25) is 0 Å². The molecule has 1 heteroatoms. The van der Waals surface area contributed by atoms with Crippen molar-refractivity contribution >= 4 is 0 Å². The first-order valence-electron chi connectivity index (χ1n) is 6.86. The highest BCUT2D eigenvalue weighted by atomic mass is 16.3. The molecule has 2 rings (SSSR count). The predicted octanol–water partition coefficient (Wildman–Crippen LogP) is 4.12. The van der Waals surface area contributed by atoms with Crippen LogP contribution in [0.5, 0.6) is 0 Å². The highest BCUT2D eigenvalue weighted by Crippen LogP contribution is 2.40. The number of aliphatic hydroxyl groups is 1. The molecule has 94 valence electrons. The van der Waals surface area contributed by atoms with Gasteiger partial charge in [-0.15, -0.1) is 0 Å². The van der Waals surface area contributed by atoms with Crippen LogP contribution in [0, 0.1) is 5.92 Å². The smallest absolute Gasteiger partial charge is 0.0650 e. The average molecular weight is 232 g/mol. The highest BCUT2D eigenvalue weighted by Gasteiger charge is 2.33. The summed E-state index contributed by atoms with van der Waals surface area (Å²) in [7, 11) is 0. The maximum absolute atomic E-state index is 10.5. The molecule has 0 bridgehead atoms. The van der Waals surface area contributed by atoms with E-state index in [0.29, 0.717) is 11.8 Å². The zero-order chi connectivity index (χ0) is 12.3. The van der Waals surface area contributed by atoms with Crippen LogP contribution in [0.1, 0.15) is 57.4 Å². The van der Waals surface area contributed by atoms with Crippen LogP contribution in [0.4, 0.5) is 0 Å². The van der Waals surface area contributed by atoms with Gasteiger partial charge in [0.05, 0.1) is 5.60 Å². The Morgan fingerprint density at radius 3 is 2.29 bits per heavy atom. The van der Waals surface area contributed by atoms with Crippen molar-refractivity contribution in [3.05, 3.63) is 35.9 Å². The molecule has 0 aromatic heterocycles. The summed E-state index contributed by atoms with van der Waals surface area (Å²) in [6, 6.07) is 10.7. The van der Waals surface area contributed by atoms with Gasteiger partial charge in [0.1, 0.15) is 0 Å². The molecule has 0 saturated heterocycles. The molecule has 1 aromatic rings. The first-order chi connectivity index (χ1) is 8.09. The maximum Gasteiger partial charge on any atom is 0.0650 e. The molecule has 0 heterocycles. The molecule has 1 saturated carbocycles. The Morgan fingerprint density at radius 2 is 1.76 bits per heavy atom.